The van der Waals surface area contributed by atoms with Crippen molar-refractivity contribution in [2.75, 3.05) is 6.54 Å². The largest absolute Gasteiger partial charge is 0.547 e. The summed E-state index contributed by atoms with van der Waals surface area (Å²) >= 11 is 0. The van der Waals surface area contributed by atoms with Crippen molar-refractivity contribution < 1.29 is 24.4 Å². The molecule has 166 valence electrons. The third kappa shape index (κ3) is 5.40. The first-order valence-corrected chi connectivity index (χ1v) is 10.3. The predicted molar refractivity (Wildman–Crippen MR) is 112 cm³/mol. The van der Waals surface area contributed by atoms with Crippen molar-refractivity contribution >= 4 is 19.0 Å². The van der Waals surface area contributed by atoms with Gasteiger partial charge in [0.1, 0.15) is 11.8 Å². The van der Waals surface area contributed by atoms with E-state index in [4.69, 9.17) is 16.1 Å². The minimum absolute atomic E-state index is 0.0314. The number of carbonyl (C=O) groups excluding carboxylic acids is 1. The molecule has 3 rings (SSSR count). The van der Waals surface area contributed by atoms with Crippen LogP contribution in [0.1, 0.15) is 53.3 Å². The smallest absolute Gasteiger partial charge is 0.534 e. The van der Waals surface area contributed by atoms with E-state index in [-0.39, 0.29) is 30.2 Å². The molecular formula is C19H27BN6O5. The van der Waals surface area contributed by atoms with E-state index in [0.29, 0.717) is 24.2 Å². The maximum absolute atomic E-state index is 13.1. The Hall–Kier alpha value is -2.96. The quantitative estimate of drug-likeness (QED) is 0.248. The number of amides is 1. The maximum atomic E-state index is 13.1. The van der Waals surface area contributed by atoms with Crippen LogP contribution in [0.5, 0.6) is 5.75 Å². The number of carboxylic acid groups (broad SMARTS) is 1. The van der Waals surface area contributed by atoms with Gasteiger partial charge in [0.2, 0.25) is 5.91 Å². The van der Waals surface area contributed by atoms with Gasteiger partial charge in [-0.05, 0) is 37.4 Å². The summed E-state index contributed by atoms with van der Waals surface area (Å²) in [6.45, 7) is 0.792. The molecule has 2 heterocycles. The molecule has 0 fully saturated rings. The summed E-state index contributed by atoms with van der Waals surface area (Å²) in [4.78, 5) is 24.5. The van der Waals surface area contributed by atoms with Crippen LogP contribution in [0.15, 0.2) is 24.4 Å². The molecule has 2 atom stereocenters. The third-order valence-electron chi connectivity index (χ3n) is 5.25. The molecule has 1 aromatic heterocycles. The topological polar surface area (TPSA) is 179 Å². The molecule has 12 heteroatoms. The van der Waals surface area contributed by atoms with E-state index in [0.717, 1.165) is 19.3 Å². The summed E-state index contributed by atoms with van der Waals surface area (Å²) in [5, 5.41) is 30.5. The second kappa shape index (κ2) is 10.4. The van der Waals surface area contributed by atoms with E-state index in [2.05, 4.69) is 15.6 Å². The number of nitrogens with zero attached hydrogens (tertiary/aromatic N) is 3. The number of hydrogen-bond acceptors (Lipinski definition) is 8. The average molecular weight is 430 g/mol. The number of carbonyl (C=O) groups is 2. The van der Waals surface area contributed by atoms with E-state index in [1.165, 1.54) is 10.7 Å². The number of fused-ring (bicyclic) bond motifs is 1. The van der Waals surface area contributed by atoms with Gasteiger partial charge in [-0.2, -0.15) is 0 Å². The minimum Gasteiger partial charge on any atom is -0.534 e. The summed E-state index contributed by atoms with van der Waals surface area (Å²) in [6, 6.07) is 4.09. The first kappa shape index (κ1) is 22.7. The van der Waals surface area contributed by atoms with Crippen LogP contribution in [-0.2, 0) is 17.8 Å². The van der Waals surface area contributed by atoms with Gasteiger partial charge in [0.15, 0.2) is 0 Å². The van der Waals surface area contributed by atoms with Gasteiger partial charge >= 0.3 is 13.1 Å². The molecule has 11 nitrogen and oxygen atoms in total. The molecular weight excluding hydrogens is 403 g/mol. The second-order valence-electron chi connectivity index (χ2n) is 7.47. The van der Waals surface area contributed by atoms with Crippen molar-refractivity contribution in [3.63, 3.8) is 0 Å². The highest BCUT2D eigenvalue weighted by Crippen LogP contribution is 2.30. The Morgan fingerprint density at radius 1 is 1.32 bits per heavy atom. The average Bonchev–Trinajstić information content (AvgIpc) is 3.22. The first-order valence-electron chi connectivity index (χ1n) is 10.3. The number of rotatable bonds is 10. The van der Waals surface area contributed by atoms with E-state index in [9.17, 15) is 19.7 Å². The highest BCUT2D eigenvalue weighted by atomic mass is 16.5. The molecule has 0 saturated carbocycles. The normalized spacial score (nSPS) is 16.4. The van der Waals surface area contributed by atoms with Gasteiger partial charge in [0, 0.05) is 6.54 Å². The Labute approximate surface area is 179 Å². The number of aromatic carboxylic acids is 1. The number of carboxylic acids is 1. The van der Waals surface area contributed by atoms with Crippen molar-refractivity contribution in [3.8, 4) is 5.75 Å². The zero-order chi connectivity index (χ0) is 22.4. The van der Waals surface area contributed by atoms with Crippen LogP contribution in [0.4, 0.5) is 0 Å². The monoisotopic (exact) mass is 430 g/mol. The lowest BCUT2D eigenvalue weighted by atomic mass is 9.72. The molecule has 1 amide bonds. The predicted octanol–water partition coefficient (Wildman–Crippen LogP) is -0.365. The SMILES string of the molecule is NCCCCC[C@@H](C(=O)N[C@H]1Cc2cccc(C(=O)O)c2OB1O)n1cc(CN)nn1. The Morgan fingerprint density at radius 2 is 2.13 bits per heavy atom. The number of aromatic nitrogens is 3. The Balaban J connectivity index is 1.74. The highest BCUT2D eigenvalue weighted by Gasteiger charge is 2.39. The molecule has 0 radical (unpaired) electrons. The molecule has 0 spiro atoms. The van der Waals surface area contributed by atoms with Crippen LogP contribution in [0.2, 0.25) is 0 Å². The summed E-state index contributed by atoms with van der Waals surface area (Å²) < 4.78 is 6.93. The molecule has 0 unspecified atom stereocenters. The van der Waals surface area contributed by atoms with Gasteiger partial charge in [-0.15, -0.1) is 5.10 Å². The molecule has 0 aliphatic carbocycles. The van der Waals surface area contributed by atoms with Crippen LogP contribution in [0, 0.1) is 0 Å². The fourth-order valence-corrected chi connectivity index (χ4v) is 3.60. The number of nitrogens with two attached hydrogens (primary N) is 2. The van der Waals surface area contributed by atoms with E-state index in [1.807, 2.05) is 0 Å². The minimum atomic E-state index is -1.38. The van der Waals surface area contributed by atoms with Gasteiger partial charge in [0.25, 0.3) is 0 Å². The molecule has 2 aromatic rings. The number of benzene rings is 1. The summed E-state index contributed by atoms with van der Waals surface area (Å²) in [7, 11) is -1.38. The summed E-state index contributed by atoms with van der Waals surface area (Å²) in [5.74, 6) is -2.11. The molecule has 31 heavy (non-hydrogen) atoms. The van der Waals surface area contributed by atoms with Gasteiger partial charge in [-0.3, -0.25) is 4.79 Å². The lowest BCUT2D eigenvalue weighted by molar-refractivity contribution is -0.125. The van der Waals surface area contributed by atoms with Gasteiger partial charge in [-0.1, -0.05) is 30.2 Å². The number of para-hydroxylation sites is 1. The number of unbranched alkanes of at least 4 members (excludes halogenated alkanes) is 2. The summed E-state index contributed by atoms with van der Waals surface area (Å²) in [5.41, 5.74) is 12.3. The van der Waals surface area contributed by atoms with Gasteiger partial charge in [0.05, 0.1) is 23.4 Å². The van der Waals surface area contributed by atoms with Crippen LogP contribution >= 0.6 is 0 Å². The molecule has 1 aliphatic heterocycles. The van der Waals surface area contributed by atoms with Crippen molar-refractivity contribution in [2.24, 2.45) is 11.5 Å². The van der Waals surface area contributed by atoms with Crippen LogP contribution in [-0.4, -0.2) is 56.6 Å². The van der Waals surface area contributed by atoms with Crippen LogP contribution < -0.4 is 21.4 Å². The maximum Gasteiger partial charge on any atom is 0.547 e. The van der Waals surface area contributed by atoms with E-state index >= 15 is 0 Å². The molecule has 0 bridgehead atoms. The fraction of sp³-hybridized carbons (Fsp3) is 0.474. The highest BCUT2D eigenvalue weighted by molar-refractivity contribution is 6.47. The zero-order valence-electron chi connectivity index (χ0n) is 17.1. The molecule has 1 aliphatic rings. The molecule has 1 aromatic carbocycles. The lowest BCUT2D eigenvalue weighted by Gasteiger charge is -2.30. The number of nitrogens with one attached hydrogen (secondary N) is 1. The van der Waals surface area contributed by atoms with Gasteiger partial charge < -0.3 is 31.6 Å². The Morgan fingerprint density at radius 3 is 2.81 bits per heavy atom. The zero-order valence-corrected chi connectivity index (χ0v) is 17.1. The number of hydrogen-bond donors (Lipinski definition) is 5. The molecule has 7 N–H and O–H groups in total. The van der Waals surface area contributed by atoms with Crippen molar-refractivity contribution in [2.45, 2.75) is 50.6 Å². The molecule has 0 saturated heterocycles. The summed E-state index contributed by atoms with van der Waals surface area (Å²) in [6.07, 6.45) is 4.88. The van der Waals surface area contributed by atoms with Crippen molar-refractivity contribution in [3.05, 3.63) is 41.2 Å². The van der Waals surface area contributed by atoms with Crippen molar-refractivity contribution in [1.82, 2.24) is 20.3 Å². The van der Waals surface area contributed by atoms with Crippen molar-refractivity contribution in [1.29, 1.82) is 0 Å². The lowest BCUT2D eigenvalue weighted by Crippen LogP contribution is -2.54. The fourth-order valence-electron chi connectivity index (χ4n) is 3.60. The Kier molecular flexibility index (Phi) is 7.61. The second-order valence-corrected chi connectivity index (χ2v) is 7.47. The van der Waals surface area contributed by atoms with Crippen LogP contribution in [0.3, 0.4) is 0 Å². The van der Waals surface area contributed by atoms with Gasteiger partial charge in [-0.25, -0.2) is 9.48 Å². The van der Waals surface area contributed by atoms with Crippen LogP contribution in [0.25, 0.3) is 0 Å². The van der Waals surface area contributed by atoms with E-state index in [1.54, 1.807) is 18.3 Å². The first-order chi connectivity index (χ1) is 14.9. The third-order valence-corrected chi connectivity index (χ3v) is 5.25. The Bertz CT molecular complexity index is 923. The standard InChI is InChI=1S/C19H27BN6O5/c21-8-3-1-2-7-15(26-11-13(10-22)24-25-26)18(27)23-16-9-12-5-4-6-14(19(28)29)17(12)31-20(16)30/h4-6,11,15-16,30H,1-3,7-10,21-22H2,(H,23,27)(H,28,29)/t15-,16-/m0/s1. The van der Waals surface area contributed by atoms with E-state index < -0.39 is 25.1 Å².